The highest BCUT2D eigenvalue weighted by atomic mass is 32.2. The monoisotopic (exact) mass is 427 g/mol. The van der Waals surface area contributed by atoms with Gasteiger partial charge in [0.1, 0.15) is 5.82 Å². The van der Waals surface area contributed by atoms with E-state index in [4.69, 9.17) is 10.7 Å². The van der Waals surface area contributed by atoms with E-state index in [1.807, 2.05) is 25.1 Å². The molecule has 0 unspecified atom stereocenters. The highest BCUT2D eigenvalue weighted by Gasteiger charge is 2.27. The molecule has 4 heterocycles. The lowest BCUT2D eigenvalue weighted by atomic mass is 10.1. The third-order valence-electron chi connectivity index (χ3n) is 5.35. The number of nitrogens with one attached hydrogen (secondary N) is 1. The maximum atomic E-state index is 12.1. The number of rotatable bonds is 5. The maximum absolute atomic E-state index is 12.1. The molecule has 0 saturated carbocycles. The Morgan fingerprint density at radius 2 is 1.83 bits per heavy atom. The van der Waals surface area contributed by atoms with Gasteiger partial charge >= 0.3 is 0 Å². The highest BCUT2D eigenvalue weighted by Crippen LogP contribution is 2.33. The number of imidazole rings is 1. The van der Waals surface area contributed by atoms with Crippen molar-refractivity contribution >= 4 is 21.8 Å². The van der Waals surface area contributed by atoms with Gasteiger partial charge in [0, 0.05) is 55.9 Å². The molecule has 0 spiro atoms. The van der Waals surface area contributed by atoms with Crippen LogP contribution in [0.25, 0.3) is 22.5 Å². The Balaban J connectivity index is 1.69. The lowest BCUT2D eigenvalue weighted by molar-refractivity contribution is 0.383. The van der Waals surface area contributed by atoms with Crippen molar-refractivity contribution in [1.82, 2.24) is 24.2 Å². The van der Waals surface area contributed by atoms with Gasteiger partial charge in [-0.05, 0) is 37.6 Å². The summed E-state index contributed by atoms with van der Waals surface area (Å²) in [5.74, 6) is 1.32. The number of piperazine rings is 1. The molecular weight excluding hydrogens is 402 g/mol. The zero-order chi connectivity index (χ0) is 21.3. The van der Waals surface area contributed by atoms with Gasteiger partial charge < -0.3 is 15.6 Å². The lowest BCUT2D eigenvalue weighted by Crippen LogP contribution is -2.49. The van der Waals surface area contributed by atoms with Crippen LogP contribution in [-0.4, -0.2) is 64.6 Å². The first-order chi connectivity index (χ1) is 14.4. The van der Waals surface area contributed by atoms with E-state index in [1.54, 1.807) is 29.8 Å². The molecule has 4 rings (SSSR count). The number of nitrogens with zero attached hydrogens (tertiary/aromatic N) is 5. The second-order valence-corrected chi connectivity index (χ2v) is 9.49. The topological polar surface area (TPSA) is 121 Å². The Hall–Kier alpha value is -2.98. The number of anilines is 2. The van der Waals surface area contributed by atoms with Crippen LogP contribution in [0.1, 0.15) is 12.5 Å². The molecule has 3 aromatic rings. The van der Waals surface area contributed by atoms with Gasteiger partial charge in [0.2, 0.25) is 16.0 Å². The largest absolute Gasteiger partial charge is 0.383 e. The summed E-state index contributed by atoms with van der Waals surface area (Å²) in [6.07, 6.45) is 5.19. The molecule has 30 heavy (non-hydrogen) atoms. The van der Waals surface area contributed by atoms with Gasteiger partial charge in [0.05, 0.1) is 17.1 Å². The van der Waals surface area contributed by atoms with Crippen LogP contribution < -0.4 is 10.6 Å². The van der Waals surface area contributed by atoms with Gasteiger partial charge in [-0.2, -0.15) is 4.31 Å². The Kier molecular flexibility index (Phi) is 5.44. The standard InChI is InChI=1S/C20H25N7O2S/c1-3-30(28,29)27-10-8-26(9-11-27)20-24-17(15-4-6-22-7-5-15)18(25-20)16-12-14(2)19(21)23-13-16/h4-7,12-13H,3,8-11H2,1-2H3,(H2,21,23)(H,24,25). The number of aromatic amines is 1. The number of hydrogen-bond donors (Lipinski definition) is 2. The molecule has 0 amide bonds. The van der Waals surface area contributed by atoms with Crippen molar-refractivity contribution in [3.63, 3.8) is 0 Å². The Morgan fingerprint density at radius 1 is 1.13 bits per heavy atom. The number of hydrogen-bond acceptors (Lipinski definition) is 7. The molecule has 1 aliphatic heterocycles. The molecule has 10 heteroatoms. The van der Waals surface area contributed by atoms with E-state index in [0.29, 0.717) is 37.9 Å². The molecule has 1 aliphatic rings. The van der Waals surface area contributed by atoms with Crippen molar-refractivity contribution in [2.75, 3.05) is 42.6 Å². The van der Waals surface area contributed by atoms with Crippen LogP contribution in [-0.2, 0) is 10.0 Å². The van der Waals surface area contributed by atoms with E-state index in [0.717, 1.165) is 28.1 Å². The fourth-order valence-electron chi connectivity index (χ4n) is 3.52. The van der Waals surface area contributed by atoms with Crippen LogP contribution in [0.4, 0.5) is 11.8 Å². The summed E-state index contributed by atoms with van der Waals surface area (Å²) >= 11 is 0. The fraction of sp³-hybridized carbons (Fsp3) is 0.350. The number of sulfonamides is 1. The van der Waals surface area contributed by atoms with Crippen molar-refractivity contribution in [3.05, 3.63) is 42.4 Å². The first kappa shape index (κ1) is 20.3. The molecule has 1 fully saturated rings. The summed E-state index contributed by atoms with van der Waals surface area (Å²) in [7, 11) is -3.18. The van der Waals surface area contributed by atoms with Gasteiger partial charge in [0.15, 0.2) is 0 Å². The molecule has 0 bridgehead atoms. The fourth-order valence-corrected chi connectivity index (χ4v) is 4.61. The molecule has 0 aromatic carbocycles. The molecule has 0 aliphatic carbocycles. The zero-order valence-corrected chi connectivity index (χ0v) is 17.9. The SMILES string of the molecule is CCS(=O)(=O)N1CCN(c2nc(-c3cnc(N)c(C)c3)c(-c3ccncc3)[nH]2)CC1. The van der Waals surface area contributed by atoms with Gasteiger partial charge in [-0.3, -0.25) is 4.98 Å². The third kappa shape index (κ3) is 3.88. The summed E-state index contributed by atoms with van der Waals surface area (Å²) in [6.45, 7) is 5.61. The Bertz CT molecular complexity index is 1140. The third-order valence-corrected chi connectivity index (χ3v) is 7.23. The van der Waals surface area contributed by atoms with Gasteiger partial charge in [-0.25, -0.2) is 18.4 Å². The number of H-pyrrole nitrogens is 1. The average molecular weight is 428 g/mol. The average Bonchev–Trinajstić information content (AvgIpc) is 3.22. The molecular formula is C20H25N7O2S. The van der Waals surface area contributed by atoms with Crippen molar-refractivity contribution in [1.29, 1.82) is 0 Å². The number of nitrogens with two attached hydrogens (primary N) is 1. The van der Waals surface area contributed by atoms with Crippen molar-refractivity contribution in [3.8, 4) is 22.5 Å². The Morgan fingerprint density at radius 3 is 2.47 bits per heavy atom. The minimum atomic E-state index is -3.18. The van der Waals surface area contributed by atoms with Crippen LogP contribution in [0.15, 0.2) is 36.8 Å². The quantitative estimate of drug-likeness (QED) is 0.638. The van der Waals surface area contributed by atoms with Crippen LogP contribution in [0.3, 0.4) is 0 Å². The summed E-state index contributed by atoms with van der Waals surface area (Å²) in [4.78, 5) is 18.7. The minimum Gasteiger partial charge on any atom is -0.383 e. The van der Waals surface area contributed by atoms with Crippen molar-refractivity contribution < 1.29 is 8.42 Å². The van der Waals surface area contributed by atoms with Crippen LogP contribution >= 0.6 is 0 Å². The minimum absolute atomic E-state index is 0.119. The molecule has 3 aromatic heterocycles. The van der Waals surface area contributed by atoms with Crippen LogP contribution in [0.5, 0.6) is 0 Å². The first-order valence-electron chi connectivity index (χ1n) is 9.84. The molecule has 158 valence electrons. The highest BCUT2D eigenvalue weighted by molar-refractivity contribution is 7.89. The summed E-state index contributed by atoms with van der Waals surface area (Å²) in [5.41, 5.74) is 10.2. The number of aromatic nitrogens is 4. The summed E-state index contributed by atoms with van der Waals surface area (Å²) < 4.78 is 25.8. The van der Waals surface area contributed by atoms with E-state index in [9.17, 15) is 8.42 Å². The van der Waals surface area contributed by atoms with E-state index in [2.05, 4.69) is 19.9 Å². The van der Waals surface area contributed by atoms with E-state index < -0.39 is 10.0 Å². The second kappa shape index (κ2) is 8.04. The zero-order valence-electron chi connectivity index (χ0n) is 17.0. The van der Waals surface area contributed by atoms with Crippen molar-refractivity contribution in [2.45, 2.75) is 13.8 Å². The van der Waals surface area contributed by atoms with E-state index in [-0.39, 0.29) is 5.75 Å². The van der Waals surface area contributed by atoms with Gasteiger partial charge in [-0.15, -0.1) is 0 Å². The normalized spacial score (nSPS) is 15.5. The van der Waals surface area contributed by atoms with Crippen molar-refractivity contribution in [2.24, 2.45) is 0 Å². The number of pyridine rings is 2. The predicted octanol–water partition coefficient (Wildman–Crippen LogP) is 1.90. The molecule has 9 nitrogen and oxygen atoms in total. The predicted molar refractivity (Wildman–Crippen MR) is 117 cm³/mol. The summed E-state index contributed by atoms with van der Waals surface area (Å²) in [6, 6.07) is 5.81. The maximum Gasteiger partial charge on any atom is 0.213 e. The Labute approximate surface area is 176 Å². The van der Waals surface area contributed by atoms with Gasteiger partial charge in [0.25, 0.3) is 0 Å². The number of aryl methyl sites for hydroxylation is 1. The van der Waals surface area contributed by atoms with E-state index >= 15 is 0 Å². The molecule has 0 radical (unpaired) electrons. The second-order valence-electron chi connectivity index (χ2n) is 7.23. The van der Waals surface area contributed by atoms with Gasteiger partial charge in [-0.1, -0.05) is 0 Å². The number of nitrogen functional groups attached to an aromatic ring is 1. The first-order valence-corrected chi connectivity index (χ1v) is 11.5. The molecule has 0 atom stereocenters. The smallest absolute Gasteiger partial charge is 0.213 e. The van der Waals surface area contributed by atoms with E-state index in [1.165, 1.54) is 0 Å². The summed E-state index contributed by atoms with van der Waals surface area (Å²) in [5, 5.41) is 0. The van der Waals surface area contributed by atoms with Crippen LogP contribution in [0, 0.1) is 6.92 Å². The molecule has 1 saturated heterocycles. The lowest BCUT2D eigenvalue weighted by Gasteiger charge is -2.33. The molecule has 3 N–H and O–H groups in total. The van der Waals surface area contributed by atoms with Crippen LogP contribution in [0.2, 0.25) is 0 Å².